The molecule has 0 fully saturated rings. The molecule has 3 rings (SSSR count). The predicted molar refractivity (Wildman–Crippen MR) is 78.7 cm³/mol. The molecular weight excluding hydrogens is 272 g/mol. The van der Waals surface area contributed by atoms with Gasteiger partial charge in [-0.1, -0.05) is 48.0 Å². The molecule has 0 aromatic heterocycles. The van der Waals surface area contributed by atoms with Crippen LogP contribution in [-0.4, -0.2) is 11.8 Å². The minimum Gasteiger partial charge on any atom is -0.427 e. The van der Waals surface area contributed by atoms with Crippen LogP contribution in [-0.2, 0) is 4.74 Å². The monoisotopic (exact) mass is 285 g/mol. The molecule has 0 spiro atoms. The van der Waals surface area contributed by atoms with Gasteiger partial charge in [-0.25, -0.2) is 4.99 Å². The topological polar surface area (TPSA) is 21.6 Å². The Morgan fingerprint density at radius 2 is 1.62 bits per heavy atom. The minimum absolute atomic E-state index is 0.131. The van der Waals surface area contributed by atoms with Gasteiger partial charge in [0.2, 0.25) is 0 Å². The summed E-state index contributed by atoms with van der Waals surface area (Å²) in [5.74, 6) is 0.131. The van der Waals surface area contributed by atoms with Gasteiger partial charge < -0.3 is 4.74 Å². The number of nitrogens with zero attached hydrogens (tertiary/aromatic N) is 1. The van der Waals surface area contributed by atoms with Gasteiger partial charge in [-0.15, -0.1) is 0 Å². The third-order valence-corrected chi connectivity index (χ3v) is 3.15. The highest BCUT2D eigenvalue weighted by molar-refractivity contribution is 6.08. The minimum atomic E-state index is -3.41. The summed E-state index contributed by atoms with van der Waals surface area (Å²) in [6.45, 7) is 1.93. The zero-order valence-electron chi connectivity index (χ0n) is 11.4. The summed E-state index contributed by atoms with van der Waals surface area (Å²) < 4.78 is 32.5. The highest BCUT2D eigenvalue weighted by Gasteiger charge is 2.44. The van der Waals surface area contributed by atoms with Gasteiger partial charge in [-0.2, -0.15) is 8.78 Å². The van der Waals surface area contributed by atoms with E-state index in [1.165, 1.54) is 6.08 Å². The van der Waals surface area contributed by atoms with Gasteiger partial charge in [0, 0.05) is 11.6 Å². The van der Waals surface area contributed by atoms with Crippen molar-refractivity contribution in [1.29, 1.82) is 0 Å². The zero-order chi connectivity index (χ0) is 14.9. The molecule has 0 atom stereocenters. The molecular formula is C17H13F2NO. The molecule has 0 saturated heterocycles. The van der Waals surface area contributed by atoms with Gasteiger partial charge >= 0.3 is 6.11 Å². The fraction of sp³-hybridized carbons (Fsp3) is 0.118. The molecule has 0 N–H and O–H groups in total. The van der Waals surface area contributed by atoms with Crippen molar-refractivity contribution in [2.75, 3.05) is 0 Å². The van der Waals surface area contributed by atoms with Crippen LogP contribution in [0.5, 0.6) is 0 Å². The van der Waals surface area contributed by atoms with E-state index in [1.807, 2.05) is 25.1 Å². The van der Waals surface area contributed by atoms with Crippen molar-refractivity contribution < 1.29 is 13.5 Å². The smallest absolute Gasteiger partial charge is 0.427 e. The summed E-state index contributed by atoms with van der Waals surface area (Å²) in [7, 11) is 0. The molecule has 4 heteroatoms. The number of rotatable bonds is 2. The lowest BCUT2D eigenvalue weighted by Crippen LogP contribution is -2.24. The zero-order valence-corrected chi connectivity index (χ0v) is 11.4. The van der Waals surface area contributed by atoms with Crippen LogP contribution < -0.4 is 0 Å². The van der Waals surface area contributed by atoms with Crippen molar-refractivity contribution >= 4 is 17.2 Å². The van der Waals surface area contributed by atoms with E-state index in [9.17, 15) is 8.78 Å². The molecule has 0 unspecified atom stereocenters. The summed E-state index contributed by atoms with van der Waals surface area (Å²) >= 11 is 0. The molecule has 0 aliphatic carbocycles. The van der Waals surface area contributed by atoms with E-state index in [1.54, 1.807) is 36.4 Å². The molecule has 1 aliphatic heterocycles. The highest BCUT2D eigenvalue weighted by Crippen LogP contribution is 2.35. The number of halogens is 2. The van der Waals surface area contributed by atoms with Crippen LogP contribution in [0, 0.1) is 6.92 Å². The SMILES string of the molecule is Cc1ccc(N=C2C=C(c3ccccc3)OC2(F)F)cc1. The fourth-order valence-corrected chi connectivity index (χ4v) is 2.03. The molecule has 1 aliphatic rings. The van der Waals surface area contributed by atoms with Crippen molar-refractivity contribution in [3.05, 3.63) is 71.8 Å². The largest absolute Gasteiger partial charge is 0.444 e. The van der Waals surface area contributed by atoms with Crippen LogP contribution in [0.2, 0.25) is 0 Å². The van der Waals surface area contributed by atoms with Crippen LogP contribution in [0.15, 0.2) is 65.7 Å². The average molecular weight is 285 g/mol. The average Bonchev–Trinajstić information content (AvgIpc) is 2.78. The summed E-state index contributed by atoms with van der Waals surface area (Å²) in [5, 5.41) is 0. The van der Waals surface area contributed by atoms with E-state index in [-0.39, 0.29) is 11.5 Å². The summed E-state index contributed by atoms with van der Waals surface area (Å²) in [5.41, 5.74) is 1.75. The fourth-order valence-electron chi connectivity index (χ4n) is 2.03. The Morgan fingerprint density at radius 3 is 2.29 bits per heavy atom. The van der Waals surface area contributed by atoms with Crippen LogP contribution in [0.25, 0.3) is 5.76 Å². The maximum Gasteiger partial charge on any atom is 0.444 e. The standard InChI is InChI=1S/C17H13F2NO/c1-12-7-9-14(10-8-12)20-16-11-15(21-17(16,18)19)13-5-3-2-4-6-13/h2-11H,1H3. The first kappa shape index (κ1) is 13.5. The molecule has 0 bridgehead atoms. The molecule has 2 aromatic rings. The number of alkyl halides is 2. The van der Waals surface area contributed by atoms with E-state index in [4.69, 9.17) is 4.74 Å². The Labute approximate surface area is 121 Å². The second-order valence-corrected chi connectivity index (χ2v) is 4.83. The summed E-state index contributed by atoms with van der Waals surface area (Å²) in [6, 6.07) is 15.9. The van der Waals surface area contributed by atoms with Gasteiger partial charge in [-0.05, 0) is 19.1 Å². The maximum atomic E-state index is 13.9. The third kappa shape index (κ3) is 2.84. The van der Waals surface area contributed by atoms with E-state index >= 15 is 0 Å². The molecule has 2 nitrogen and oxygen atoms in total. The lowest BCUT2D eigenvalue weighted by Gasteiger charge is -2.12. The van der Waals surface area contributed by atoms with Crippen molar-refractivity contribution in [2.45, 2.75) is 13.0 Å². The van der Waals surface area contributed by atoms with Crippen LogP contribution in [0.4, 0.5) is 14.5 Å². The lowest BCUT2D eigenvalue weighted by molar-refractivity contribution is -0.125. The van der Waals surface area contributed by atoms with Crippen LogP contribution in [0.1, 0.15) is 11.1 Å². The number of aryl methyl sites for hydroxylation is 1. The number of benzene rings is 2. The number of hydrogen-bond acceptors (Lipinski definition) is 2. The maximum absolute atomic E-state index is 13.9. The Kier molecular flexibility index (Phi) is 3.29. The molecule has 21 heavy (non-hydrogen) atoms. The molecule has 106 valence electrons. The summed E-state index contributed by atoms with van der Waals surface area (Å²) in [6.07, 6.45) is -2.12. The lowest BCUT2D eigenvalue weighted by atomic mass is 10.2. The number of ether oxygens (including phenoxy) is 1. The van der Waals surface area contributed by atoms with Crippen molar-refractivity contribution in [1.82, 2.24) is 0 Å². The van der Waals surface area contributed by atoms with Gasteiger partial charge in [0.15, 0.2) is 5.71 Å². The van der Waals surface area contributed by atoms with E-state index in [0.717, 1.165) is 5.56 Å². The first-order valence-corrected chi connectivity index (χ1v) is 6.54. The Balaban J connectivity index is 1.97. The second kappa shape index (κ2) is 5.13. The first-order chi connectivity index (χ1) is 10.0. The Bertz CT molecular complexity index is 703. The van der Waals surface area contributed by atoms with Gasteiger partial charge in [0.25, 0.3) is 0 Å². The van der Waals surface area contributed by atoms with E-state index in [0.29, 0.717) is 11.3 Å². The number of aliphatic imine (C=N–C) groups is 1. The molecule has 0 amide bonds. The second-order valence-electron chi connectivity index (χ2n) is 4.83. The third-order valence-electron chi connectivity index (χ3n) is 3.15. The Hall–Kier alpha value is -2.49. The van der Waals surface area contributed by atoms with Crippen LogP contribution in [0.3, 0.4) is 0 Å². The van der Waals surface area contributed by atoms with E-state index in [2.05, 4.69) is 4.99 Å². The predicted octanol–water partition coefficient (Wildman–Crippen LogP) is 4.73. The van der Waals surface area contributed by atoms with Crippen molar-refractivity contribution in [2.24, 2.45) is 4.99 Å². The normalized spacial score (nSPS) is 18.4. The first-order valence-electron chi connectivity index (χ1n) is 6.54. The Morgan fingerprint density at radius 1 is 0.952 bits per heavy atom. The highest BCUT2D eigenvalue weighted by atomic mass is 19.3. The van der Waals surface area contributed by atoms with Gasteiger partial charge in [0.1, 0.15) is 5.76 Å². The van der Waals surface area contributed by atoms with Crippen molar-refractivity contribution in [3.63, 3.8) is 0 Å². The van der Waals surface area contributed by atoms with Crippen LogP contribution >= 0.6 is 0 Å². The molecule has 2 aromatic carbocycles. The molecule has 1 heterocycles. The van der Waals surface area contributed by atoms with Gasteiger partial charge in [-0.3, -0.25) is 0 Å². The quantitative estimate of drug-likeness (QED) is 0.781. The van der Waals surface area contributed by atoms with Gasteiger partial charge in [0.05, 0.1) is 5.69 Å². The molecule has 0 saturated carbocycles. The molecule has 0 radical (unpaired) electrons. The van der Waals surface area contributed by atoms with E-state index < -0.39 is 6.11 Å². The van der Waals surface area contributed by atoms with Crippen molar-refractivity contribution in [3.8, 4) is 0 Å². The number of hydrogen-bond donors (Lipinski definition) is 0. The summed E-state index contributed by atoms with van der Waals surface area (Å²) in [4.78, 5) is 3.99.